The van der Waals surface area contributed by atoms with Gasteiger partial charge in [0.1, 0.15) is 0 Å². The highest BCUT2D eigenvalue weighted by molar-refractivity contribution is 7.99. The lowest BCUT2D eigenvalue weighted by Gasteiger charge is -2.08. The maximum atomic E-state index is 11.6. The number of nitrogens with one attached hydrogen (secondary N) is 1. The standard InChI is InChI=1S/C16H23NO3S/c1-12(2)20-16(19)7-8-17-15(18)11-21-10-14-6-4-5-13(3)9-14/h4-6,9,12H,7-8,10-11H2,1-3H3,(H,17,18). The highest BCUT2D eigenvalue weighted by Gasteiger charge is 2.07. The van der Waals surface area contributed by atoms with Crippen LogP contribution in [0.5, 0.6) is 0 Å². The van der Waals surface area contributed by atoms with Crippen LogP contribution in [0.15, 0.2) is 24.3 Å². The Hall–Kier alpha value is -1.49. The first-order chi connectivity index (χ1) is 9.97. The quantitative estimate of drug-likeness (QED) is 0.750. The minimum Gasteiger partial charge on any atom is -0.463 e. The van der Waals surface area contributed by atoms with E-state index in [1.165, 1.54) is 11.1 Å². The van der Waals surface area contributed by atoms with E-state index in [9.17, 15) is 9.59 Å². The first-order valence-electron chi connectivity index (χ1n) is 7.07. The summed E-state index contributed by atoms with van der Waals surface area (Å²) < 4.78 is 4.99. The molecular formula is C16H23NO3S. The van der Waals surface area contributed by atoms with Crippen molar-refractivity contribution in [3.05, 3.63) is 35.4 Å². The highest BCUT2D eigenvalue weighted by atomic mass is 32.2. The minimum atomic E-state index is -0.280. The molecule has 116 valence electrons. The van der Waals surface area contributed by atoms with Crippen LogP contribution in [-0.2, 0) is 20.1 Å². The molecule has 0 aliphatic rings. The fraction of sp³-hybridized carbons (Fsp3) is 0.500. The average molecular weight is 309 g/mol. The van der Waals surface area contributed by atoms with E-state index in [2.05, 4.69) is 30.4 Å². The number of rotatable bonds is 8. The van der Waals surface area contributed by atoms with Gasteiger partial charge in [0.2, 0.25) is 5.91 Å². The van der Waals surface area contributed by atoms with Gasteiger partial charge < -0.3 is 10.1 Å². The zero-order valence-electron chi connectivity index (χ0n) is 12.8. The number of hydrogen-bond donors (Lipinski definition) is 1. The minimum absolute atomic E-state index is 0.0509. The topological polar surface area (TPSA) is 55.4 Å². The summed E-state index contributed by atoms with van der Waals surface area (Å²) in [7, 11) is 0. The Morgan fingerprint density at radius 2 is 2.10 bits per heavy atom. The van der Waals surface area contributed by atoms with E-state index in [-0.39, 0.29) is 24.4 Å². The molecule has 4 nitrogen and oxygen atoms in total. The fourth-order valence-electron chi connectivity index (χ4n) is 1.74. The molecule has 0 aliphatic heterocycles. The second-order valence-electron chi connectivity index (χ2n) is 5.12. The molecular weight excluding hydrogens is 286 g/mol. The molecule has 1 aromatic rings. The average Bonchev–Trinajstić information content (AvgIpc) is 2.37. The van der Waals surface area contributed by atoms with Crippen molar-refractivity contribution >= 4 is 23.6 Å². The predicted octanol–water partition coefficient (Wildman–Crippen LogP) is 2.69. The third-order valence-corrected chi connectivity index (χ3v) is 3.61. The lowest BCUT2D eigenvalue weighted by atomic mass is 10.2. The lowest BCUT2D eigenvalue weighted by molar-refractivity contribution is -0.147. The highest BCUT2D eigenvalue weighted by Crippen LogP contribution is 2.13. The summed E-state index contributed by atoms with van der Waals surface area (Å²) in [6.07, 6.45) is 0.102. The van der Waals surface area contributed by atoms with Crippen molar-refractivity contribution in [1.82, 2.24) is 5.32 Å². The molecule has 0 fully saturated rings. The summed E-state index contributed by atoms with van der Waals surface area (Å²) in [6.45, 7) is 5.99. The third-order valence-electron chi connectivity index (χ3n) is 2.60. The molecule has 0 aromatic heterocycles. The van der Waals surface area contributed by atoms with Crippen LogP contribution in [0.2, 0.25) is 0 Å². The van der Waals surface area contributed by atoms with Gasteiger partial charge in [-0.2, -0.15) is 0 Å². The number of amides is 1. The molecule has 0 spiro atoms. The van der Waals surface area contributed by atoms with Gasteiger partial charge >= 0.3 is 5.97 Å². The molecule has 0 unspecified atom stereocenters. The van der Waals surface area contributed by atoms with E-state index in [0.717, 1.165) is 5.75 Å². The second-order valence-corrected chi connectivity index (χ2v) is 6.11. The van der Waals surface area contributed by atoms with Crippen molar-refractivity contribution in [3.8, 4) is 0 Å². The van der Waals surface area contributed by atoms with Crippen molar-refractivity contribution in [2.24, 2.45) is 0 Å². The number of carbonyl (C=O) groups is 2. The summed E-state index contributed by atoms with van der Waals surface area (Å²) >= 11 is 1.56. The van der Waals surface area contributed by atoms with Crippen LogP contribution in [0.25, 0.3) is 0 Å². The Morgan fingerprint density at radius 1 is 1.33 bits per heavy atom. The number of thioether (sulfide) groups is 1. The van der Waals surface area contributed by atoms with E-state index < -0.39 is 0 Å². The smallest absolute Gasteiger partial charge is 0.307 e. The van der Waals surface area contributed by atoms with Crippen LogP contribution in [-0.4, -0.2) is 30.3 Å². The number of benzene rings is 1. The number of esters is 1. The predicted molar refractivity (Wildman–Crippen MR) is 86.2 cm³/mol. The number of carbonyl (C=O) groups excluding carboxylic acids is 2. The van der Waals surface area contributed by atoms with Gasteiger partial charge in [0, 0.05) is 12.3 Å². The van der Waals surface area contributed by atoms with Crippen LogP contribution >= 0.6 is 11.8 Å². The Labute approximate surface area is 130 Å². The van der Waals surface area contributed by atoms with Gasteiger partial charge in [-0.1, -0.05) is 29.8 Å². The van der Waals surface area contributed by atoms with E-state index >= 15 is 0 Å². The van der Waals surface area contributed by atoms with E-state index in [4.69, 9.17) is 4.74 Å². The molecule has 1 amide bonds. The monoisotopic (exact) mass is 309 g/mol. The molecule has 0 saturated carbocycles. The molecule has 21 heavy (non-hydrogen) atoms. The lowest BCUT2D eigenvalue weighted by Crippen LogP contribution is -2.28. The second kappa shape index (κ2) is 9.45. The summed E-state index contributed by atoms with van der Waals surface area (Å²) in [6, 6.07) is 8.25. The van der Waals surface area contributed by atoms with Gasteiger partial charge in [-0.15, -0.1) is 11.8 Å². The normalized spacial score (nSPS) is 10.5. The summed E-state index contributed by atoms with van der Waals surface area (Å²) in [5.74, 6) is 0.875. The Balaban J connectivity index is 2.13. The van der Waals surface area contributed by atoms with E-state index in [1.54, 1.807) is 25.6 Å². The summed E-state index contributed by atoms with van der Waals surface area (Å²) in [4.78, 5) is 22.9. The first-order valence-corrected chi connectivity index (χ1v) is 8.22. The fourth-order valence-corrected chi connectivity index (χ4v) is 2.55. The van der Waals surface area contributed by atoms with Crippen LogP contribution in [0.1, 0.15) is 31.4 Å². The largest absolute Gasteiger partial charge is 0.463 e. The number of hydrogen-bond acceptors (Lipinski definition) is 4. The molecule has 0 heterocycles. The van der Waals surface area contributed by atoms with Gasteiger partial charge in [-0.3, -0.25) is 9.59 Å². The first kappa shape index (κ1) is 17.6. The van der Waals surface area contributed by atoms with Gasteiger partial charge in [0.25, 0.3) is 0 Å². The van der Waals surface area contributed by atoms with Crippen molar-refractivity contribution in [2.75, 3.05) is 12.3 Å². The van der Waals surface area contributed by atoms with Crippen LogP contribution < -0.4 is 5.32 Å². The summed E-state index contributed by atoms with van der Waals surface area (Å²) in [5.41, 5.74) is 2.44. The van der Waals surface area contributed by atoms with Crippen molar-refractivity contribution in [2.45, 2.75) is 39.0 Å². The zero-order chi connectivity index (χ0) is 15.7. The molecule has 0 aliphatic carbocycles. The van der Waals surface area contributed by atoms with E-state index in [0.29, 0.717) is 12.3 Å². The van der Waals surface area contributed by atoms with Crippen molar-refractivity contribution in [1.29, 1.82) is 0 Å². The molecule has 0 bridgehead atoms. The zero-order valence-corrected chi connectivity index (χ0v) is 13.7. The van der Waals surface area contributed by atoms with Gasteiger partial charge in [-0.25, -0.2) is 0 Å². The summed E-state index contributed by atoms with van der Waals surface area (Å²) in [5, 5.41) is 2.72. The maximum Gasteiger partial charge on any atom is 0.307 e. The van der Waals surface area contributed by atoms with Crippen molar-refractivity contribution < 1.29 is 14.3 Å². The van der Waals surface area contributed by atoms with Gasteiger partial charge in [0.15, 0.2) is 0 Å². The molecule has 0 radical (unpaired) electrons. The maximum absolute atomic E-state index is 11.6. The van der Waals surface area contributed by atoms with Crippen LogP contribution in [0, 0.1) is 6.92 Å². The van der Waals surface area contributed by atoms with E-state index in [1.807, 2.05) is 6.07 Å². The molecule has 1 N–H and O–H groups in total. The number of ether oxygens (including phenoxy) is 1. The Morgan fingerprint density at radius 3 is 2.76 bits per heavy atom. The third kappa shape index (κ3) is 8.40. The molecule has 1 aromatic carbocycles. The molecule has 1 rings (SSSR count). The SMILES string of the molecule is Cc1cccc(CSCC(=O)NCCC(=O)OC(C)C)c1. The van der Waals surface area contributed by atoms with Gasteiger partial charge in [-0.05, 0) is 26.3 Å². The molecule has 0 atom stereocenters. The van der Waals surface area contributed by atoms with Gasteiger partial charge in [0.05, 0.1) is 18.3 Å². The Bertz CT molecular complexity index is 474. The molecule has 0 saturated heterocycles. The van der Waals surface area contributed by atoms with Crippen LogP contribution in [0.4, 0.5) is 0 Å². The van der Waals surface area contributed by atoms with Crippen molar-refractivity contribution in [3.63, 3.8) is 0 Å². The number of aryl methyl sites for hydroxylation is 1. The Kier molecular flexibility index (Phi) is 7.90. The molecule has 5 heteroatoms. The van der Waals surface area contributed by atoms with Crippen LogP contribution in [0.3, 0.4) is 0 Å².